The third-order valence-electron chi connectivity index (χ3n) is 1.83. The summed E-state index contributed by atoms with van der Waals surface area (Å²) in [6, 6.07) is 0. The van der Waals surface area contributed by atoms with E-state index >= 15 is 0 Å². The monoisotopic (exact) mass is 288 g/mol. The van der Waals surface area contributed by atoms with Gasteiger partial charge in [-0.1, -0.05) is 13.5 Å². The zero-order valence-electron chi connectivity index (χ0n) is 11.6. The lowest BCUT2D eigenvalue weighted by Gasteiger charge is -2.15. The Balaban J connectivity index is 3.71. The van der Waals surface area contributed by atoms with E-state index in [4.69, 9.17) is 9.47 Å². The quantitative estimate of drug-likeness (QED) is 0.226. The fraction of sp³-hybridized carbons (Fsp3) is 0.583. The molecule has 0 rings (SSSR count). The third kappa shape index (κ3) is 9.75. The van der Waals surface area contributed by atoms with Gasteiger partial charge in [0.2, 0.25) is 0 Å². The van der Waals surface area contributed by atoms with Gasteiger partial charge in [-0.15, -0.1) is 0 Å². The first-order valence-corrected chi connectivity index (χ1v) is 6.15. The number of nitrogens with one attached hydrogen (secondary N) is 2. The normalized spacial score (nSPS) is 10.9. The van der Waals surface area contributed by atoms with Gasteiger partial charge in [-0.3, -0.25) is 0 Å². The maximum Gasteiger partial charge on any atom is 0.408 e. The highest BCUT2D eigenvalue weighted by Gasteiger charge is 2.11. The van der Waals surface area contributed by atoms with Crippen LogP contribution in [0.2, 0.25) is 0 Å². The second-order valence-electron chi connectivity index (χ2n) is 3.65. The molecular weight excluding hydrogens is 268 g/mol. The van der Waals surface area contributed by atoms with Gasteiger partial charge >= 0.3 is 18.2 Å². The van der Waals surface area contributed by atoms with Crippen LogP contribution in [0.4, 0.5) is 9.59 Å². The van der Waals surface area contributed by atoms with Crippen molar-refractivity contribution in [3.63, 3.8) is 0 Å². The Hall–Kier alpha value is -2.25. The summed E-state index contributed by atoms with van der Waals surface area (Å²) in [6.07, 6.45) is -0.306. The zero-order valence-corrected chi connectivity index (χ0v) is 11.6. The van der Waals surface area contributed by atoms with Gasteiger partial charge < -0.3 is 24.8 Å². The average Bonchev–Trinajstić information content (AvgIpc) is 2.40. The van der Waals surface area contributed by atoms with Crippen LogP contribution in [0, 0.1) is 0 Å². The van der Waals surface area contributed by atoms with E-state index in [-0.39, 0.29) is 13.2 Å². The molecule has 20 heavy (non-hydrogen) atoms. The first-order chi connectivity index (χ1) is 9.49. The summed E-state index contributed by atoms with van der Waals surface area (Å²) in [5, 5.41) is 4.75. The van der Waals surface area contributed by atoms with E-state index in [0.29, 0.717) is 13.0 Å². The maximum absolute atomic E-state index is 11.3. The summed E-state index contributed by atoms with van der Waals surface area (Å²) in [7, 11) is 0. The summed E-state index contributed by atoms with van der Waals surface area (Å²) < 4.78 is 14.1. The van der Waals surface area contributed by atoms with Gasteiger partial charge in [-0.2, -0.15) is 0 Å². The second kappa shape index (κ2) is 10.7. The van der Waals surface area contributed by atoms with Crippen LogP contribution in [0.25, 0.3) is 0 Å². The molecule has 2 amide bonds. The van der Waals surface area contributed by atoms with Crippen LogP contribution in [0.1, 0.15) is 20.3 Å². The summed E-state index contributed by atoms with van der Waals surface area (Å²) in [5.74, 6) is -0.595. The van der Waals surface area contributed by atoms with Crippen LogP contribution < -0.4 is 10.6 Å². The minimum Gasteiger partial charge on any atom is -0.459 e. The minimum absolute atomic E-state index is 0.0708. The molecule has 0 aliphatic heterocycles. The Morgan fingerprint density at radius 2 is 1.55 bits per heavy atom. The molecule has 0 fully saturated rings. The number of carbonyl (C=O) groups is 3. The number of amides is 2. The van der Waals surface area contributed by atoms with Gasteiger partial charge in [-0.25, -0.2) is 14.4 Å². The van der Waals surface area contributed by atoms with E-state index in [0.717, 1.165) is 6.08 Å². The summed E-state index contributed by atoms with van der Waals surface area (Å²) >= 11 is 0. The summed E-state index contributed by atoms with van der Waals surface area (Å²) in [4.78, 5) is 33.1. The highest BCUT2D eigenvalue weighted by molar-refractivity contribution is 5.81. The third-order valence-corrected chi connectivity index (χ3v) is 1.83. The van der Waals surface area contributed by atoms with Crippen molar-refractivity contribution in [3.8, 4) is 0 Å². The van der Waals surface area contributed by atoms with Gasteiger partial charge in [0.05, 0.1) is 6.61 Å². The van der Waals surface area contributed by atoms with Gasteiger partial charge in [0.15, 0.2) is 0 Å². The first kappa shape index (κ1) is 17.8. The Morgan fingerprint density at radius 1 is 1.05 bits per heavy atom. The first-order valence-electron chi connectivity index (χ1n) is 6.15. The molecule has 0 radical (unpaired) electrons. The lowest BCUT2D eigenvalue weighted by Crippen LogP contribution is -2.46. The Morgan fingerprint density at radius 3 is 2.05 bits per heavy atom. The van der Waals surface area contributed by atoms with Crippen molar-refractivity contribution in [2.75, 3.05) is 19.8 Å². The molecule has 8 nitrogen and oxygen atoms in total. The Bertz CT molecular complexity index is 345. The molecule has 114 valence electrons. The highest BCUT2D eigenvalue weighted by atomic mass is 16.6. The average molecular weight is 288 g/mol. The molecule has 0 aliphatic rings. The molecule has 0 aromatic heterocycles. The number of alkyl carbamates (subject to hydrolysis) is 2. The minimum atomic E-state index is -0.747. The van der Waals surface area contributed by atoms with E-state index in [9.17, 15) is 14.4 Å². The molecular formula is C12H20N2O6. The van der Waals surface area contributed by atoms with Crippen molar-refractivity contribution in [2.24, 2.45) is 0 Å². The largest absolute Gasteiger partial charge is 0.459 e. The van der Waals surface area contributed by atoms with Crippen LogP contribution in [0.3, 0.4) is 0 Å². The highest BCUT2D eigenvalue weighted by Crippen LogP contribution is 1.87. The van der Waals surface area contributed by atoms with E-state index < -0.39 is 24.3 Å². The molecule has 0 spiro atoms. The van der Waals surface area contributed by atoms with E-state index in [1.165, 1.54) is 0 Å². The number of esters is 1. The molecule has 0 aliphatic carbocycles. The molecule has 0 heterocycles. The van der Waals surface area contributed by atoms with Crippen LogP contribution in [-0.2, 0) is 19.0 Å². The smallest absolute Gasteiger partial charge is 0.408 e. The standard InChI is InChI=1S/C12H20N2O6/c1-4-6-19-11(16)13-9(3)14-12(17)20-8-7-18-10(15)5-2/h5,9H,2,4,6-8H2,1,3H3,(H,13,16)(H,14,17). The topological polar surface area (TPSA) is 103 Å². The van der Waals surface area contributed by atoms with Crippen molar-refractivity contribution in [3.05, 3.63) is 12.7 Å². The van der Waals surface area contributed by atoms with Crippen LogP contribution in [-0.4, -0.2) is 44.1 Å². The van der Waals surface area contributed by atoms with Crippen molar-refractivity contribution in [1.82, 2.24) is 10.6 Å². The second-order valence-corrected chi connectivity index (χ2v) is 3.65. The maximum atomic E-state index is 11.3. The Kier molecular flexibility index (Phi) is 9.45. The van der Waals surface area contributed by atoms with Crippen molar-refractivity contribution in [1.29, 1.82) is 0 Å². The molecule has 8 heteroatoms. The van der Waals surface area contributed by atoms with Crippen LogP contribution in [0.5, 0.6) is 0 Å². The molecule has 1 atom stereocenters. The van der Waals surface area contributed by atoms with Gasteiger partial charge in [0.1, 0.15) is 19.4 Å². The predicted molar refractivity (Wildman–Crippen MR) is 69.9 cm³/mol. The molecule has 2 N–H and O–H groups in total. The van der Waals surface area contributed by atoms with Crippen molar-refractivity contribution < 1.29 is 28.6 Å². The predicted octanol–water partition coefficient (Wildman–Crippen LogP) is 0.924. The lowest BCUT2D eigenvalue weighted by molar-refractivity contribution is -0.138. The zero-order chi connectivity index (χ0) is 15.4. The van der Waals surface area contributed by atoms with Gasteiger partial charge in [0, 0.05) is 6.08 Å². The SMILES string of the molecule is C=CC(=O)OCCOC(=O)NC(C)NC(=O)OCCC. The van der Waals surface area contributed by atoms with Crippen LogP contribution in [0.15, 0.2) is 12.7 Å². The lowest BCUT2D eigenvalue weighted by atomic mass is 10.5. The molecule has 0 aromatic carbocycles. The molecule has 0 saturated carbocycles. The van der Waals surface area contributed by atoms with Crippen LogP contribution >= 0.6 is 0 Å². The van der Waals surface area contributed by atoms with Gasteiger partial charge in [0.25, 0.3) is 0 Å². The molecule has 0 saturated heterocycles. The fourth-order valence-electron chi connectivity index (χ4n) is 1.00. The molecule has 1 unspecified atom stereocenters. The van der Waals surface area contributed by atoms with Gasteiger partial charge in [-0.05, 0) is 13.3 Å². The number of hydrogen-bond donors (Lipinski definition) is 2. The van der Waals surface area contributed by atoms with Crippen molar-refractivity contribution in [2.45, 2.75) is 26.4 Å². The van der Waals surface area contributed by atoms with E-state index in [2.05, 4.69) is 21.9 Å². The van der Waals surface area contributed by atoms with E-state index in [1.54, 1.807) is 6.92 Å². The fourth-order valence-corrected chi connectivity index (χ4v) is 1.00. The van der Waals surface area contributed by atoms with Crippen molar-refractivity contribution >= 4 is 18.2 Å². The molecule has 0 bridgehead atoms. The number of ether oxygens (including phenoxy) is 3. The summed E-state index contributed by atoms with van der Waals surface area (Å²) in [6.45, 7) is 6.76. The summed E-state index contributed by atoms with van der Waals surface area (Å²) in [5.41, 5.74) is 0. The van der Waals surface area contributed by atoms with E-state index in [1.807, 2.05) is 6.92 Å². The Labute approximate surface area is 117 Å². The number of rotatable bonds is 8. The number of carbonyl (C=O) groups excluding carboxylic acids is 3. The molecule has 0 aromatic rings. The number of hydrogen-bond acceptors (Lipinski definition) is 6.